The summed E-state index contributed by atoms with van der Waals surface area (Å²) in [6.45, 7) is 1.91. The first-order chi connectivity index (χ1) is 11.0. The molecule has 2 N–H and O–H groups in total. The Morgan fingerprint density at radius 1 is 1.09 bits per heavy atom. The third kappa shape index (κ3) is 3.78. The van der Waals surface area contributed by atoms with Crippen LogP contribution < -0.4 is 4.72 Å². The molecule has 0 atom stereocenters. The fourth-order valence-electron chi connectivity index (χ4n) is 2.32. The molecule has 0 aliphatic rings. The molecule has 3 aromatic rings. The normalized spacial score (nSPS) is 11.3. The van der Waals surface area contributed by atoms with Gasteiger partial charge in [-0.25, -0.2) is 13.4 Å². The van der Waals surface area contributed by atoms with Gasteiger partial charge in [0.1, 0.15) is 0 Å². The number of hydrogen-bond donors (Lipinski definition) is 2. The zero-order valence-electron chi connectivity index (χ0n) is 12.7. The first kappa shape index (κ1) is 15.3. The zero-order chi connectivity index (χ0) is 16.3. The highest BCUT2D eigenvalue weighted by Crippen LogP contribution is 2.20. The van der Waals surface area contributed by atoms with Crippen LogP contribution in [-0.4, -0.2) is 18.4 Å². The Morgan fingerprint density at radius 2 is 1.83 bits per heavy atom. The van der Waals surface area contributed by atoms with Crippen molar-refractivity contribution in [3.63, 3.8) is 0 Å². The van der Waals surface area contributed by atoms with Crippen molar-refractivity contribution in [3.8, 4) is 11.3 Å². The molecule has 0 bridgehead atoms. The molecule has 0 radical (unpaired) electrons. The van der Waals surface area contributed by atoms with Gasteiger partial charge in [0.2, 0.25) is 10.0 Å². The highest BCUT2D eigenvalue weighted by molar-refractivity contribution is 7.91. The van der Waals surface area contributed by atoms with E-state index in [-0.39, 0.29) is 5.75 Å². The van der Waals surface area contributed by atoms with Gasteiger partial charge < -0.3 is 4.98 Å². The van der Waals surface area contributed by atoms with Gasteiger partial charge in [0, 0.05) is 5.69 Å². The van der Waals surface area contributed by atoms with E-state index in [2.05, 4.69) is 14.7 Å². The molecule has 5 nitrogen and oxygen atoms in total. The Morgan fingerprint density at radius 3 is 2.48 bits per heavy atom. The second kappa shape index (κ2) is 6.26. The van der Waals surface area contributed by atoms with Crippen molar-refractivity contribution < 1.29 is 8.42 Å². The average molecular weight is 327 g/mol. The number of H-pyrrole nitrogens is 1. The van der Waals surface area contributed by atoms with Crippen molar-refractivity contribution >= 4 is 15.7 Å². The molecule has 0 aliphatic carbocycles. The number of hydrogen-bond acceptors (Lipinski definition) is 3. The van der Waals surface area contributed by atoms with Crippen LogP contribution >= 0.6 is 0 Å². The maximum Gasteiger partial charge on any atom is 0.236 e. The maximum absolute atomic E-state index is 12.3. The molecule has 118 valence electrons. The summed E-state index contributed by atoms with van der Waals surface area (Å²) in [5, 5.41) is 0. The van der Waals surface area contributed by atoms with E-state index in [1.165, 1.54) is 0 Å². The third-order valence-electron chi connectivity index (χ3n) is 3.57. The summed E-state index contributed by atoms with van der Waals surface area (Å²) in [6.07, 6.45) is 3.32. The summed E-state index contributed by atoms with van der Waals surface area (Å²) in [4.78, 5) is 6.98. The monoisotopic (exact) mass is 327 g/mol. The second-order valence-electron chi connectivity index (χ2n) is 5.33. The summed E-state index contributed by atoms with van der Waals surface area (Å²) in [7, 11) is -3.45. The van der Waals surface area contributed by atoms with Crippen LogP contribution in [0.3, 0.4) is 0 Å². The fourth-order valence-corrected chi connectivity index (χ4v) is 3.62. The van der Waals surface area contributed by atoms with Gasteiger partial charge in [-0.05, 0) is 35.7 Å². The largest absolute Gasteiger partial charge is 0.345 e. The third-order valence-corrected chi connectivity index (χ3v) is 4.81. The van der Waals surface area contributed by atoms with Gasteiger partial charge >= 0.3 is 0 Å². The van der Waals surface area contributed by atoms with Crippen molar-refractivity contribution in [1.29, 1.82) is 0 Å². The van der Waals surface area contributed by atoms with Gasteiger partial charge in [0.15, 0.2) is 0 Å². The van der Waals surface area contributed by atoms with Crippen molar-refractivity contribution in [2.24, 2.45) is 0 Å². The average Bonchev–Trinajstić information content (AvgIpc) is 3.04. The van der Waals surface area contributed by atoms with E-state index in [0.717, 1.165) is 22.4 Å². The predicted molar refractivity (Wildman–Crippen MR) is 91.4 cm³/mol. The van der Waals surface area contributed by atoms with E-state index in [1.807, 2.05) is 43.3 Å². The number of aromatic amines is 1. The van der Waals surface area contributed by atoms with Crippen LogP contribution in [0.15, 0.2) is 61.1 Å². The molecule has 0 unspecified atom stereocenters. The lowest BCUT2D eigenvalue weighted by Crippen LogP contribution is -2.15. The van der Waals surface area contributed by atoms with Gasteiger partial charge in [0.05, 0.1) is 24.0 Å². The minimum absolute atomic E-state index is 0.0397. The number of aromatic nitrogens is 2. The van der Waals surface area contributed by atoms with Crippen LogP contribution in [0, 0.1) is 6.92 Å². The number of nitrogens with one attached hydrogen (secondary N) is 2. The smallest absolute Gasteiger partial charge is 0.236 e. The standard InChI is InChI=1S/C17H17N3O2S/c1-13-4-2-3-5-15(13)11-23(21,22)20-16-8-6-14(7-9-16)17-10-18-12-19-17/h2-10,12,20H,11H2,1H3,(H,18,19). The summed E-state index contributed by atoms with van der Waals surface area (Å²) >= 11 is 0. The van der Waals surface area contributed by atoms with E-state index in [4.69, 9.17) is 0 Å². The van der Waals surface area contributed by atoms with Gasteiger partial charge in [-0.3, -0.25) is 4.72 Å². The highest BCUT2D eigenvalue weighted by Gasteiger charge is 2.13. The van der Waals surface area contributed by atoms with Crippen molar-refractivity contribution in [1.82, 2.24) is 9.97 Å². The Labute approximate surface area is 135 Å². The molecule has 0 spiro atoms. The molecule has 23 heavy (non-hydrogen) atoms. The molecular weight excluding hydrogens is 310 g/mol. The number of aryl methyl sites for hydroxylation is 1. The Hall–Kier alpha value is -2.60. The summed E-state index contributed by atoms with van der Waals surface area (Å²) < 4.78 is 27.2. The predicted octanol–water partition coefficient (Wildman–Crippen LogP) is 3.33. The van der Waals surface area contributed by atoms with Crippen LogP contribution in [0.25, 0.3) is 11.3 Å². The molecule has 6 heteroatoms. The molecule has 0 saturated carbocycles. The number of nitrogens with zero attached hydrogens (tertiary/aromatic N) is 1. The molecular formula is C17H17N3O2S. The van der Waals surface area contributed by atoms with Gasteiger partial charge in [-0.1, -0.05) is 36.4 Å². The number of sulfonamides is 1. The zero-order valence-corrected chi connectivity index (χ0v) is 13.5. The van der Waals surface area contributed by atoms with Crippen molar-refractivity contribution in [2.45, 2.75) is 12.7 Å². The summed E-state index contributed by atoms with van der Waals surface area (Å²) in [6, 6.07) is 14.7. The number of imidazole rings is 1. The Kier molecular flexibility index (Phi) is 4.16. The first-order valence-electron chi connectivity index (χ1n) is 7.17. The minimum atomic E-state index is -3.45. The van der Waals surface area contributed by atoms with Crippen molar-refractivity contribution in [2.75, 3.05) is 4.72 Å². The number of benzene rings is 2. The van der Waals surface area contributed by atoms with E-state index in [0.29, 0.717) is 5.69 Å². The topological polar surface area (TPSA) is 74.8 Å². The van der Waals surface area contributed by atoms with Crippen molar-refractivity contribution in [3.05, 3.63) is 72.2 Å². The lowest BCUT2D eigenvalue weighted by atomic mass is 10.1. The quantitative estimate of drug-likeness (QED) is 0.755. The van der Waals surface area contributed by atoms with Crippen LogP contribution in [-0.2, 0) is 15.8 Å². The molecule has 3 rings (SSSR count). The van der Waals surface area contributed by atoms with Gasteiger partial charge in [0.25, 0.3) is 0 Å². The minimum Gasteiger partial charge on any atom is -0.345 e. The molecule has 0 amide bonds. The Balaban J connectivity index is 1.74. The van der Waals surface area contributed by atoms with Crippen LogP contribution in [0.4, 0.5) is 5.69 Å². The fraction of sp³-hybridized carbons (Fsp3) is 0.118. The SMILES string of the molecule is Cc1ccccc1CS(=O)(=O)Nc1ccc(-c2cnc[nH]2)cc1. The van der Waals surface area contributed by atoms with Crippen LogP contribution in [0.1, 0.15) is 11.1 Å². The lowest BCUT2D eigenvalue weighted by Gasteiger charge is -2.10. The van der Waals surface area contributed by atoms with Gasteiger partial charge in [-0.15, -0.1) is 0 Å². The van der Waals surface area contributed by atoms with Crippen LogP contribution in [0.5, 0.6) is 0 Å². The number of rotatable bonds is 5. The molecule has 0 aliphatic heterocycles. The first-order valence-corrected chi connectivity index (χ1v) is 8.82. The number of anilines is 1. The molecule has 0 fully saturated rings. The lowest BCUT2D eigenvalue weighted by molar-refractivity contribution is 0.600. The second-order valence-corrected chi connectivity index (χ2v) is 7.05. The highest BCUT2D eigenvalue weighted by atomic mass is 32.2. The summed E-state index contributed by atoms with van der Waals surface area (Å²) in [5.41, 5.74) is 4.15. The molecule has 0 saturated heterocycles. The molecule has 2 aromatic carbocycles. The molecule has 1 heterocycles. The van der Waals surface area contributed by atoms with Crippen LogP contribution in [0.2, 0.25) is 0 Å². The van der Waals surface area contributed by atoms with E-state index < -0.39 is 10.0 Å². The van der Waals surface area contributed by atoms with E-state index in [1.54, 1.807) is 24.7 Å². The van der Waals surface area contributed by atoms with E-state index >= 15 is 0 Å². The Bertz CT molecular complexity index is 886. The summed E-state index contributed by atoms with van der Waals surface area (Å²) in [5.74, 6) is -0.0397. The maximum atomic E-state index is 12.3. The van der Waals surface area contributed by atoms with E-state index in [9.17, 15) is 8.42 Å². The molecule has 1 aromatic heterocycles. The van der Waals surface area contributed by atoms with Gasteiger partial charge in [-0.2, -0.15) is 0 Å².